The van der Waals surface area contributed by atoms with E-state index in [9.17, 15) is 24.3 Å². The van der Waals surface area contributed by atoms with Gasteiger partial charge in [-0.05, 0) is 42.3 Å². The highest BCUT2D eigenvalue weighted by atomic mass is 35.5. The molecule has 0 amide bonds. The molecule has 5 aromatic rings. The van der Waals surface area contributed by atoms with Gasteiger partial charge in [0, 0.05) is 59.4 Å². The second kappa shape index (κ2) is 10.8. The van der Waals surface area contributed by atoms with Gasteiger partial charge in [-0.1, -0.05) is 66.2 Å². The highest BCUT2D eigenvalue weighted by Crippen LogP contribution is 2.63. The topological polar surface area (TPSA) is 144 Å². The molecule has 1 spiro atoms. The number of halogens is 1. The molecule has 4 aliphatic heterocycles. The lowest BCUT2D eigenvalue weighted by Crippen LogP contribution is -2.52. The number of carbonyl (C=O) groups is 4. The van der Waals surface area contributed by atoms with Crippen LogP contribution in [0.3, 0.4) is 0 Å². The van der Waals surface area contributed by atoms with Gasteiger partial charge >= 0.3 is 23.9 Å². The molecule has 10 rings (SSSR count). The minimum Gasteiger partial charge on any atom is -0.478 e. The van der Waals surface area contributed by atoms with Crippen molar-refractivity contribution in [3.05, 3.63) is 152 Å². The van der Waals surface area contributed by atoms with Crippen molar-refractivity contribution < 1.29 is 53.0 Å². The Labute approximate surface area is 300 Å². The van der Waals surface area contributed by atoms with Crippen LogP contribution in [-0.4, -0.2) is 29.0 Å². The van der Waals surface area contributed by atoms with Gasteiger partial charge in [-0.15, -0.1) is 0 Å². The van der Waals surface area contributed by atoms with Crippen molar-refractivity contribution in [2.45, 2.75) is 37.6 Å². The third kappa shape index (κ3) is 4.09. The van der Waals surface area contributed by atoms with Crippen LogP contribution in [0.15, 0.2) is 91.0 Å². The third-order valence-electron chi connectivity index (χ3n) is 10.1. The Morgan fingerprint density at radius 2 is 1.23 bits per heavy atom. The van der Waals surface area contributed by atoms with E-state index in [-0.39, 0.29) is 50.3 Å². The van der Waals surface area contributed by atoms with Crippen LogP contribution >= 0.6 is 11.6 Å². The molecule has 1 unspecified atom stereocenters. The average Bonchev–Trinajstić information content (AvgIpc) is 3.41. The molecule has 4 heterocycles. The van der Waals surface area contributed by atoms with Crippen LogP contribution < -0.4 is 14.2 Å². The number of aromatic carboxylic acids is 1. The molecule has 0 saturated carbocycles. The molecule has 52 heavy (non-hydrogen) atoms. The molecule has 0 radical (unpaired) electrons. The molecule has 5 aliphatic rings. The van der Waals surface area contributed by atoms with Gasteiger partial charge in [0.15, 0.2) is 22.6 Å². The Balaban J connectivity index is 1.39. The maximum atomic E-state index is 13.8. The highest BCUT2D eigenvalue weighted by molar-refractivity contribution is 6.32. The average molecular weight is 717 g/mol. The van der Waals surface area contributed by atoms with Gasteiger partial charge in [-0.3, -0.25) is 9.59 Å². The van der Waals surface area contributed by atoms with Crippen molar-refractivity contribution in [1.82, 2.24) is 0 Å². The van der Waals surface area contributed by atoms with Crippen molar-refractivity contribution in [2.75, 3.05) is 0 Å². The molecular formula is C40H25ClO11. The number of hydrogen-bond donors (Lipinski definition) is 1. The van der Waals surface area contributed by atoms with Crippen molar-refractivity contribution in [1.29, 1.82) is 0 Å². The Morgan fingerprint density at radius 1 is 0.654 bits per heavy atom. The number of fused-ring (bicyclic) bond motifs is 7. The summed E-state index contributed by atoms with van der Waals surface area (Å²) in [5.41, 5.74) is -0.119. The molecule has 12 heteroatoms. The smallest absolute Gasteiger partial charge is 0.340 e. The molecule has 1 atom stereocenters. The zero-order valence-corrected chi connectivity index (χ0v) is 28.3. The SMILES string of the molecule is CC(=O)Oc1cc2c(cc1Cl)C1(OC(=O)c3cc(C(=O)O)ccc31)c1cc(C34OOC(C)(c5ccccc53)c3ccccc34)c(OC(C)=O)cc1O2. The maximum absolute atomic E-state index is 13.8. The zero-order valence-electron chi connectivity index (χ0n) is 27.6. The van der Waals surface area contributed by atoms with Crippen molar-refractivity contribution in [2.24, 2.45) is 0 Å². The normalized spacial score (nSPS) is 22.6. The second-order valence-corrected chi connectivity index (χ2v) is 13.4. The van der Waals surface area contributed by atoms with Gasteiger partial charge in [-0.25, -0.2) is 19.4 Å². The van der Waals surface area contributed by atoms with Gasteiger partial charge in [0.1, 0.15) is 17.2 Å². The molecule has 2 bridgehead atoms. The lowest BCUT2D eigenvalue weighted by molar-refractivity contribution is -0.415. The highest BCUT2D eigenvalue weighted by Gasteiger charge is 2.61. The van der Waals surface area contributed by atoms with Crippen LogP contribution in [0.2, 0.25) is 5.02 Å². The van der Waals surface area contributed by atoms with Gasteiger partial charge in [0.2, 0.25) is 0 Å². The van der Waals surface area contributed by atoms with E-state index >= 15 is 0 Å². The fourth-order valence-corrected chi connectivity index (χ4v) is 8.19. The summed E-state index contributed by atoms with van der Waals surface area (Å²) in [7, 11) is 0. The molecule has 5 aromatic carbocycles. The fourth-order valence-electron chi connectivity index (χ4n) is 7.99. The first kappa shape index (κ1) is 31.9. The van der Waals surface area contributed by atoms with Gasteiger partial charge in [-0.2, -0.15) is 0 Å². The largest absolute Gasteiger partial charge is 0.478 e. The predicted octanol–water partition coefficient (Wildman–Crippen LogP) is 7.29. The summed E-state index contributed by atoms with van der Waals surface area (Å²) < 4.78 is 24.1. The lowest BCUT2D eigenvalue weighted by Gasteiger charge is -2.52. The van der Waals surface area contributed by atoms with Crippen molar-refractivity contribution in [3.8, 4) is 23.0 Å². The maximum Gasteiger partial charge on any atom is 0.340 e. The Bertz CT molecular complexity index is 2440. The van der Waals surface area contributed by atoms with Gasteiger partial charge < -0.3 is 24.1 Å². The van der Waals surface area contributed by atoms with Gasteiger partial charge in [0.05, 0.1) is 16.1 Å². The number of hydrogen-bond acceptors (Lipinski definition) is 10. The predicted molar refractivity (Wildman–Crippen MR) is 181 cm³/mol. The van der Waals surface area contributed by atoms with E-state index in [4.69, 9.17) is 40.3 Å². The number of esters is 3. The minimum atomic E-state index is -1.79. The van der Waals surface area contributed by atoms with Crippen LogP contribution in [0, 0.1) is 0 Å². The number of benzene rings is 5. The monoisotopic (exact) mass is 716 g/mol. The number of carbonyl (C=O) groups excluding carboxylic acids is 3. The van der Waals surface area contributed by atoms with E-state index in [1.54, 1.807) is 6.07 Å². The summed E-state index contributed by atoms with van der Waals surface area (Å²) in [6.45, 7) is 4.40. The lowest BCUT2D eigenvalue weighted by atomic mass is 9.64. The summed E-state index contributed by atoms with van der Waals surface area (Å²) in [5.74, 6) is -3.04. The summed E-state index contributed by atoms with van der Waals surface area (Å²) in [6, 6.07) is 25.5. The van der Waals surface area contributed by atoms with Crippen molar-refractivity contribution in [3.63, 3.8) is 0 Å². The molecule has 0 saturated heterocycles. The molecular weight excluding hydrogens is 692 g/mol. The summed E-state index contributed by atoms with van der Waals surface area (Å²) in [5, 5.41) is 9.80. The van der Waals surface area contributed by atoms with Gasteiger partial charge in [0.25, 0.3) is 0 Å². The molecule has 11 nitrogen and oxygen atoms in total. The molecule has 258 valence electrons. The quantitative estimate of drug-likeness (QED) is 0.114. The zero-order chi connectivity index (χ0) is 36.3. The summed E-state index contributed by atoms with van der Waals surface area (Å²) in [4.78, 5) is 63.3. The molecule has 0 fully saturated rings. The molecule has 1 aliphatic carbocycles. The van der Waals surface area contributed by atoms with Crippen LogP contribution in [0.5, 0.6) is 23.0 Å². The summed E-state index contributed by atoms with van der Waals surface area (Å²) in [6.07, 6.45) is 0. The molecule has 0 aromatic heterocycles. The second-order valence-electron chi connectivity index (χ2n) is 13.0. The Hall–Kier alpha value is -6.01. The van der Waals surface area contributed by atoms with E-state index in [1.165, 1.54) is 50.2 Å². The van der Waals surface area contributed by atoms with E-state index in [0.29, 0.717) is 11.1 Å². The number of ether oxygens (including phenoxy) is 4. The molecule has 1 N–H and O–H groups in total. The van der Waals surface area contributed by atoms with Crippen LogP contribution in [0.4, 0.5) is 0 Å². The first-order chi connectivity index (χ1) is 24.9. The first-order valence-corrected chi connectivity index (χ1v) is 16.5. The third-order valence-corrected chi connectivity index (χ3v) is 10.4. The van der Waals surface area contributed by atoms with E-state index in [2.05, 4.69) is 0 Å². The fraction of sp³-hybridized carbons (Fsp3) is 0.150. The van der Waals surface area contributed by atoms with Crippen LogP contribution in [-0.2, 0) is 40.9 Å². The number of carboxylic acids is 1. The van der Waals surface area contributed by atoms with E-state index < -0.39 is 40.7 Å². The van der Waals surface area contributed by atoms with Crippen molar-refractivity contribution >= 4 is 35.5 Å². The number of carboxylic acid groups (broad SMARTS) is 1. The van der Waals surface area contributed by atoms with Crippen LogP contribution in [0.1, 0.15) is 86.0 Å². The van der Waals surface area contributed by atoms with E-state index in [0.717, 1.165) is 22.3 Å². The Kier molecular flexibility index (Phi) is 6.60. The summed E-state index contributed by atoms with van der Waals surface area (Å²) >= 11 is 6.69. The number of rotatable bonds is 4. The van der Waals surface area contributed by atoms with E-state index in [1.807, 2.05) is 55.5 Å². The Morgan fingerprint density at radius 3 is 1.85 bits per heavy atom. The minimum absolute atomic E-state index is 0.00374. The van der Waals surface area contributed by atoms with Crippen LogP contribution in [0.25, 0.3) is 0 Å². The first-order valence-electron chi connectivity index (χ1n) is 16.1. The standard InChI is InChI=1S/C40H25ClO11/c1-19(42)47-32-17-33-28(15-29(32)40-26-10-6-4-8-24(26)38(3,51-52-40)25-9-5-7-11-27(25)40)39(23-13-12-21(36(44)45)14-22(23)37(46)50-39)30-16-31(41)35(48-20(2)43)18-34(30)49-33/h4-18H,1-3H3,(H,44,45).